The highest BCUT2D eigenvalue weighted by atomic mass is 79.9. The molecule has 0 aliphatic carbocycles. The molecule has 2 rings (SSSR count). The van der Waals surface area contributed by atoms with Gasteiger partial charge in [0, 0.05) is 29.9 Å². The van der Waals surface area contributed by atoms with Gasteiger partial charge in [-0.1, -0.05) is 34.6 Å². The largest absolute Gasteiger partial charge is 0.310 e. The lowest BCUT2D eigenvalue weighted by Gasteiger charge is -2.20. The first kappa shape index (κ1) is 16.2. The Bertz CT molecular complexity index is 611. The van der Waals surface area contributed by atoms with Crippen molar-refractivity contribution in [2.75, 3.05) is 0 Å². The van der Waals surface area contributed by atoms with Crippen molar-refractivity contribution in [2.24, 2.45) is 0 Å². The van der Waals surface area contributed by atoms with Crippen LogP contribution in [0.4, 0.5) is 0 Å². The zero-order valence-corrected chi connectivity index (χ0v) is 14.9. The Kier molecular flexibility index (Phi) is 4.84. The van der Waals surface area contributed by atoms with E-state index in [9.17, 15) is 0 Å². The fourth-order valence-electron chi connectivity index (χ4n) is 1.92. The summed E-state index contributed by atoms with van der Waals surface area (Å²) in [6, 6.07) is 4.72. The van der Waals surface area contributed by atoms with Gasteiger partial charge in [0.15, 0.2) is 5.82 Å². The van der Waals surface area contributed by atoms with E-state index in [1.165, 1.54) is 5.56 Å². The minimum Gasteiger partial charge on any atom is -0.310 e. The predicted molar refractivity (Wildman–Crippen MR) is 89.7 cm³/mol. The van der Waals surface area contributed by atoms with Crippen molar-refractivity contribution in [1.29, 1.82) is 0 Å². The normalized spacial score (nSPS) is 12.1. The van der Waals surface area contributed by atoms with Gasteiger partial charge in [-0.3, -0.25) is 0 Å². The summed E-state index contributed by atoms with van der Waals surface area (Å²) in [4.78, 5) is 4.77. The van der Waals surface area contributed by atoms with Crippen LogP contribution in [0.2, 0.25) is 0 Å². The molecule has 2 aromatic rings. The van der Waals surface area contributed by atoms with E-state index in [1.54, 1.807) is 10.9 Å². The number of rotatable bonds is 4. The van der Waals surface area contributed by atoms with Gasteiger partial charge in [-0.25, -0.2) is 9.67 Å². The average Bonchev–Trinajstić information content (AvgIpc) is 2.82. The summed E-state index contributed by atoms with van der Waals surface area (Å²) >= 11 is 3.43. The summed E-state index contributed by atoms with van der Waals surface area (Å²) < 4.78 is 2.75. The van der Waals surface area contributed by atoms with Crippen LogP contribution in [0, 0.1) is 0 Å². The van der Waals surface area contributed by atoms with E-state index >= 15 is 0 Å². The standard InChI is InChI=1S/C16H23BrN4/c1-11(2)18-8-12-6-14(16(3,4)5)20-15(7-12)21-10-13(17)9-19-21/h6-7,9-11,18H,8H2,1-5H3. The van der Waals surface area contributed by atoms with E-state index < -0.39 is 0 Å². The van der Waals surface area contributed by atoms with Crippen LogP contribution in [-0.4, -0.2) is 20.8 Å². The first-order valence-electron chi connectivity index (χ1n) is 7.21. The predicted octanol–water partition coefficient (Wildman–Crippen LogP) is 3.83. The molecule has 0 aliphatic heterocycles. The fraction of sp³-hybridized carbons (Fsp3) is 0.500. The van der Waals surface area contributed by atoms with Gasteiger partial charge in [-0.2, -0.15) is 5.10 Å². The maximum absolute atomic E-state index is 4.77. The zero-order valence-electron chi connectivity index (χ0n) is 13.3. The molecule has 1 N–H and O–H groups in total. The van der Waals surface area contributed by atoms with Crippen LogP contribution in [0.5, 0.6) is 0 Å². The second-order valence-corrected chi connectivity index (χ2v) is 7.52. The van der Waals surface area contributed by atoms with Gasteiger partial charge < -0.3 is 5.32 Å². The Morgan fingerprint density at radius 2 is 2.00 bits per heavy atom. The third kappa shape index (κ3) is 4.38. The second-order valence-electron chi connectivity index (χ2n) is 6.61. The molecular formula is C16H23BrN4. The molecule has 0 amide bonds. The molecule has 0 saturated heterocycles. The maximum atomic E-state index is 4.77. The lowest BCUT2D eigenvalue weighted by molar-refractivity contribution is 0.558. The van der Waals surface area contributed by atoms with Gasteiger partial charge in [-0.15, -0.1) is 0 Å². The summed E-state index contributed by atoms with van der Waals surface area (Å²) in [6.45, 7) is 11.7. The van der Waals surface area contributed by atoms with Gasteiger partial charge in [0.25, 0.3) is 0 Å². The van der Waals surface area contributed by atoms with Crippen molar-refractivity contribution >= 4 is 15.9 Å². The molecule has 0 unspecified atom stereocenters. The maximum Gasteiger partial charge on any atom is 0.153 e. The molecule has 0 fully saturated rings. The van der Waals surface area contributed by atoms with Crippen LogP contribution in [0.3, 0.4) is 0 Å². The molecule has 0 spiro atoms. The number of hydrogen-bond donors (Lipinski definition) is 1. The van der Waals surface area contributed by atoms with Gasteiger partial charge >= 0.3 is 0 Å². The number of hydrogen-bond acceptors (Lipinski definition) is 3. The monoisotopic (exact) mass is 350 g/mol. The molecule has 0 atom stereocenters. The van der Waals surface area contributed by atoms with Gasteiger partial charge in [0.05, 0.1) is 10.7 Å². The molecule has 5 heteroatoms. The topological polar surface area (TPSA) is 42.7 Å². The molecule has 21 heavy (non-hydrogen) atoms. The average molecular weight is 351 g/mol. The molecule has 0 saturated carbocycles. The molecule has 4 nitrogen and oxygen atoms in total. The fourth-order valence-corrected chi connectivity index (χ4v) is 2.21. The van der Waals surface area contributed by atoms with E-state index in [-0.39, 0.29) is 5.41 Å². The van der Waals surface area contributed by atoms with Crippen LogP contribution < -0.4 is 5.32 Å². The third-order valence-electron chi connectivity index (χ3n) is 3.14. The molecule has 0 radical (unpaired) electrons. The van der Waals surface area contributed by atoms with Crippen LogP contribution in [0.15, 0.2) is 29.0 Å². The summed E-state index contributed by atoms with van der Waals surface area (Å²) in [6.07, 6.45) is 3.70. The second kappa shape index (κ2) is 6.28. The Morgan fingerprint density at radius 1 is 1.29 bits per heavy atom. The van der Waals surface area contributed by atoms with Gasteiger partial charge in [0.2, 0.25) is 0 Å². The number of aromatic nitrogens is 3. The summed E-state index contributed by atoms with van der Waals surface area (Å²) in [5.41, 5.74) is 2.31. The smallest absolute Gasteiger partial charge is 0.153 e. The Morgan fingerprint density at radius 3 is 2.52 bits per heavy atom. The summed E-state index contributed by atoms with van der Waals surface area (Å²) in [5.74, 6) is 0.855. The lowest BCUT2D eigenvalue weighted by atomic mass is 9.90. The molecule has 0 aromatic carbocycles. The lowest BCUT2D eigenvalue weighted by Crippen LogP contribution is -2.23. The SMILES string of the molecule is CC(C)NCc1cc(-n2cc(Br)cn2)nc(C(C)(C)C)c1. The summed E-state index contributed by atoms with van der Waals surface area (Å²) in [5, 5.41) is 7.79. The molecule has 2 aromatic heterocycles. The minimum absolute atomic E-state index is 0.00692. The van der Waals surface area contributed by atoms with Crippen LogP contribution in [-0.2, 0) is 12.0 Å². The molecular weight excluding hydrogens is 328 g/mol. The van der Waals surface area contributed by atoms with Crippen LogP contribution >= 0.6 is 15.9 Å². The molecule has 114 valence electrons. The minimum atomic E-state index is 0.00692. The van der Waals surface area contributed by atoms with Crippen molar-refractivity contribution in [3.63, 3.8) is 0 Å². The Hall–Kier alpha value is -1.20. The van der Waals surface area contributed by atoms with Crippen LogP contribution in [0.25, 0.3) is 5.82 Å². The van der Waals surface area contributed by atoms with Crippen LogP contribution in [0.1, 0.15) is 45.9 Å². The van der Waals surface area contributed by atoms with Crippen molar-refractivity contribution < 1.29 is 0 Å². The quantitative estimate of drug-likeness (QED) is 0.911. The van der Waals surface area contributed by atoms with Gasteiger partial charge in [-0.05, 0) is 33.6 Å². The van der Waals surface area contributed by atoms with Gasteiger partial charge in [0.1, 0.15) is 0 Å². The molecule has 2 heterocycles. The number of nitrogens with one attached hydrogen (secondary N) is 1. The Labute approximate surface area is 135 Å². The van der Waals surface area contributed by atoms with E-state index in [1.807, 2.05) is 6.20 Å². The molecule has 0 bridgehead atoms. The first-order chi connectivity index (χ1) is 9.75. The van der Waals surface area contributed by atoms with Crippen molar-refractivity contribution in [3.8, 4) is 5.82 Å². The van der Waals surface area contributed by atoms with E-state index in [2.05, 4.69) is 73.1 Å². The third-order valence-corrected chi connectivity index (χ3v) is 3.55. The van der Waals surface area contributed by atoms with E-state index in [4.69, 9.17) is 4.98 Å². The van der Waals surface area contributed by atoms with E-state index in [0.29, 0.717) is 6.04 Å². The Balaban J connectivity index is 2.42. The van der Waals surface area contributed by atoms with Crippen molar-refractivity contribution in [2.45, 2.75) is 52.6 Å². The number of nitrogens with zero attached hydrogens (tertiary/aromatic N) is 3. The highest BCUT2D eigenvalue weighted by Crippen LogP contribution is 2.23. The summed E-state index contributed by atoms with van der Waals surface area (Å²) in [7, 11) is 0. The van der Waals surface area contributed by atoms with E-state index in [0.717, 1.165) is 22.5 Å². The highest BCUT2D eigenvalue weighted by Gasteiger charge is 2.18. The van der Waals surface area contributed by atoms with Crippen molar-refractivity contribution in [3.05, 3.63) is 40.3 Å². The molecule has 0 aliphatic rings. The number of pyridine rings is 1. The zero-order chi connectivity index (χ0) is 15.6. The first-order valence-corrected chi connectivity index (χ1v) is 8.00. The highest BCUT2D eigenvalue weighted by molar-refractivity contribution is 9.10. The van der Waals surface area contributed by atoms with Crippen molar-refractivity contribution in [1.82, 2.24) is 20.1 Å². The number of halogens is 1.